The summed E-state index contributed by atoms with van der Waals surface area (Å²) >= 11 is 1.55. The Morgan fingerprint density at radius 1 is 1.62 bits per heavy atom. The average Bonchev–Trinajstić information content (AvgIpc) is 2.89. The molecule has 2 N–H and O–H groups in total. The second-order valence-corrected chi connectivity index (χ2v) is 5.60. The zero-order valence-corrected chi connectivity index (χ0v) is 10.4. The van der Waals surface area contributed by atoms with Gasteiger partial charge in [-0.25, -0.2) is 0 Å². The quantitative estimate of drug-likeness (QED) is 0.839. The first-order valence-corrected chi connectivity index (χ1v) is 6.62. The van der Waals surface area contributed by atoms with Crippen molar-refractivity contribution >= 4 is 17.2 Å². The first-order chi connectivity index (χ1) is 7.75. The summed E-state index contributed by atoms with van der Waals surface area (Å²) < 4.78 is 0. The van der Waals surface area contributed by atoms with Crippen molar-refractivity contribution in [3.8, 4) is 0 Å². The van der Waals surface area contributed by atoms with Crippen molar-refractivity contribution in [1.82, 2.24) is 10.6 Å². The molecule has 0 saturated carbocycles. The molecule has 88 valence electrons. The van der Waals surface area contributed by atoms with Crippen LogP contribution in [-0.2, 0) is 0 Å². The Labute approximate surface area is 100 Å². The Bertz CT molecular complexity index is 356. The number of rotatable bonds is 4. The summed E-state index contributed by atoms with van der Waals surface area (Å²) in [6.07, 6.45) is 2.33. The van der Waals surface area contributed by atoms with E-state index in [-0.39, 0.29) is 5.91 Å². The van der Waals surface area contributed by atoms with Crippen LogP contribution in [0, 0.1) is 12.8 Å². The molecule has 0 spiro atoms. The first-order valence-electron chi connectivity index (χ1n) is 5.81. The van der Waals surface area contributed by atoms with Gasteiger partial charge in [0.15, 0.2) is 0 Å². The molecular weight excluding hydrogens is 220 g/mol. The lowest BCUT2D eigenvalue weighted by Gasteiger charge is -2.08. The Hall–Kier alpha value is -0.870. The second kappa shape index (κ2) is 5.46. The van der Waals surface area contributed by atoms with Gasteiger partial charge in [0.05, 0.1) is 4.88 Å². The number of hydrogen-bond donors (Lipinski definition) is 2. The molecule has 0 aromatic carbocycles. The highest BCUT2D eigenvalue weighted by molar-refractivity contribution is 7.13. The number of nitrogens with one attached hydrogen (secondary N) is 2. The van der Waals surface area contributed by atoms with E-state index in [0.29, 0.717) is 0 Å². The largest absolute Gasteiger partial charge is 0.351 e. The topological polar surface area (TPSA) is 41.1 Å². The van der Waals surface area contributed by atoms with Crippen LogP contribution in [0.25, 0.3) is 0 Å². The van der Waals surface area contributed by atoms with Gasteiger partial charge < -0.3 is 10.6 Å². The highest BCUT2D eigenvalue weighted by Crippen LogP contribution is 2.15. The number of amides is 1. The molecule has 1 fully saturated rings. The second-order valence-electron chi connectivity index (χ2n) is 4.31. The van der Waals surface area contributed by atoms with Crippen molar-refractivity contribution in [1.29, 1.82) is 0 Å². The van der Waals surface area contributed by atoms with Crippen LogP contribution >= 0.6 is 11.3 Å². The summed E-state index contributed by atoms with van der Waals surface area (Å²) in [5.41, 5.74) is 0. The molecule has 4 heteroatoms. The normalized spacial score (nSPS) is 19.9. The molecule has 1 aromatic heterocycles. The molecule has 1 aromatic rings. The van der Waals surface area contributed by atoms with E-state index >= 15 is 0 Å². The summed E-state index contributed by atoms with van der Waals surface area (Å²) in [7, 11) is 0. The number of carbonyl (C=O) groups is 1. The van der Waals surface area contributed by atoms with Crippen molar-refractivity contribution in [2.45, 2.75) is 19.8 Å². The lowest BCUT2D eigenvalue weighted by Crippen LogP contribution is -2.25. The predicted molar refractivity (Wildman–Crippen MR) is 67.0 cm³/mol. The number of thiophene rings is 1. The fourth-order valence-electron chi connectivity index (χ4n) is 1.99. The predicted octanol–water partition coefficient (Wildman–Crippen LogP) is 1.79. The molecule has 1 saturated heterocycles. The fourth-order valence-corrected chi connectivity index (χ4v) is 2.78. The average molecular weight is 238 g/mol. The third-order valence-electron chi connectivity index (χ3n) is 2.96. The van der Waals surface area contributed by atoms with Crippen LogP contribution in [0.3, 0.4) is 0 Å². The molecule has 1 unspecified atom stereocenters. The zero-order chi connectivity index (χ0) is 11.4. The van der Waals surface area contributed by atoms with E-state index < -0.39 is 0 Å². The smallest absolute Gasteiger partial charge is 0.261 e. The van der Waals surface area contributed by atoms with E-state index in [4.69, 9.17) is 0 Å². The number of hydrogen-bond acceptors (Lipinski definition) is 3. The Balaban J connectivity index is 1.71. The van der Waals surface area contributed by atoms with E-state index in [1.165, 1.54) is 11.3 Å². The summed E-state index contributed by atoms with van der Waals surface area (Å²) in [6, 6.07) is 3.88. The molecule has 1 aliphatic rings. The Morgan fingerprint density at radius 2 is 2.50 bits per heavy atom. The molecule has 1 atom stereocenters. The first kappa shape index (κ1) is 11.6. The Morgan fingerprint density at radius 3 is 3.12 bits per heavy atom. The van der Waals surface area contributed by atoms with Gasteiger partial charge in [-0.3, -0.25) is 4.79 Å². The molecule has 0 bridgehead atoms. The molecule has 0 radical (unpaired) electrons. The minimum absolute atomic E-state index is 0.0732. The maximum absolute atomic E-state index is 11.7. The van der Waals surface area contributed by atoms with Gasteiger partial charge in [0, 0.05) is 11.4 Å². The lowest BCUT2D eigenvalue weighted by molar-refractivity contribution is 0.0955. The van der Waals surface area contributed by atoms with Crippen molar-refractivity contribution in [2.75, 3.05) is 19.6 Å². The van der Waals surface area contributed by atoms with Crippen LogP contribution < -0.4 is 10.6 Å². The van der Waals surface area contributed by atoms with Crippen molar-refractivity contribution in [3.05, 3.63) is 21.9 Å². The van der Waals surface area contributed by atoms with Crippen molar-refractivity contribution < 1.29 is 4.79 Å². The Kier molecular flexibility index (Phi) is 3.96. The zero-order valence-electron chi connectivity index (χ0n) is 9.58. The minimum Gasteiger partial charge on any atom is -0.351 e. The third kappa shape index (κ3) is 3.06. The van der Waals surface area contributed by atoms with Gasteiger partial charge in [-0.05, 0) is 50.9 Å². The third-order valence-corrected chi connectivity index (χ3v) is 3.96. The van der Waals surface area contributed by atoms with Crippen LogP contribution in [-0.4, -0.2) is 25.5 Å². The SMILES string of the molecule is Cc1ccc(C(=O)NCCC2CCNC2)s1. The standard InChI is InChI=1S/C12H18N2OS/c1-9-2-3-11(16-9)12(15)14-7-5-10-4-6-13-8-10/h2-3,10,13H,4-8H2,1H3,(H,14,15). The van der Waals surface area contributed by atoms with E-state index in [1.54, 1.807) is 11.3 Å². The van der Waals surface area contributed by atoms with Gasteiger partial charge in [-0.2, -0.15) is 0 Å². The number of carbonyl (C=O) groups excluding carboxylic acids is 1. The van der Waals surface area contributed by atoms with Crippen molar-refractivity contribution in [3.63, 3.8) is 0 Å². The highest BCUT2D eigenvalue weighted by atomic mass is 32.1. The summed E-state index contributed by atoms with van der Waals surface area (Å²) in [6.45, 7) is 5.05. The van der Waals surface area contributed by atoms with Gasteiger partial charge in [-0.1, -0.05) is 0 Å². The molecular formula is C12H18N2OS. The summed E-state index contributed by atoms with van der Waals surface area (Å²) in [5.74, 6) is 0.814. The molecule has 2 heterocycles. The van der Waals surface area contributed by atoms with Crippen LogP contribution in [0.1, 0.15) is 27.4 Å². The summed E-state index contributed by atoms with van der Waals surface area (Å²) in [4.78, 5) is 13.7. The van der Waals surface area contributed by atoms with Gasteiger partial charge in [0.2, 0.25) is 0 Å². The lowest BCUT2D eigenvalue weighted by atomic mass is 10.1. The molecule has 3 nitrogen and oxygen atoms in total. The van der Waals surface area contributed by atoms with Crippen LogP contribution in [0.15, 0.2) is 12.1 Å². The fraction of sp³-hybridized carbons (Fsp3) is 0.583. The molecule has 1 aliphatic heterocycles. The minimum atomic E-state index is 0.0732. The maximum atomic E-state index is 11.7. The van der Waals surface area contributed by atoms with Gasteiger partial charge in [-0.15, -0.1) is 11.3 Å². The van der Waals surface area contributed by atoms with Crippen molar-refractivity contribution in [2.24, 2.45) is 5.92 Å². The van der Waals surface area contributed by atoms with Gasteiger partial charge in [0.25, 0.3) is 5.91 Å². The van der Waals surface area contributed by atoms with E-state index in [2.05, 4.69) is 10.6 Å². The molecule has 0 aliphatic carbocycles. The van der Waals surface area contributed by atoms with Crippen LogP contribution in [0.2, 0.25) is 0 Å². The van der Waals surface area contributed by atoms with Gasteiger partial charge >= 0.3 is 0 Å². The molecule has 1 amide bonds. The van der Waals surface area contributed by atoms with Gasteiger partial charge in [0.1, 0.15) is 0 Å². The van der Waals surface area contributed by atoms with E-state index in [9.17, 15) is 4.79 Å². The van der Waals surface area contributed by atoms with E-state index in [1.807, 2.05) is 19.1 Å². The molecule has 2 rings (SSSR count). The number of aryl methyl sites for hydroxylation is 1. The maximum Gasteiger partial charge on any atom is 0.261 e. The highest BCUT2D eigenvalue weighted by Gasteiger charge is 2.14. The summed E-state index contributed by atoms with van der Waals surface area (Å²) in [5, 5.41) is 6.32. The monoisotopic (exact) mass is 238 g/mol. The van der Waals surface area contributed by atoms with Crippen LogP contribution in [0.5, 0.6) is 0 Å². The van der Waals surface area contributed by atoms with E-state index in [0.717, 1.165) is 36.9 Å². The molecule has 16 heavy (non-hydrogen) atoms. The van der Waals surface area contributed by atoms with Crippen LogP contribution in [0.4, 0.5) is 0 Å².